The van der Waals surface area contributed by atoms with Crippen LogP contribution in [0.1, 0.15) is 29.3 Å². The third-order valence-electron chi connectivity index (χ3n) is 5.06. The van der Waals surface area contributed by atoms with Gasteiger partial charge in [-0.3, -0.25) is 19.3 Å². The highest BCUT2D eigenvalue weighted by atomic mass is 35.5. The van der Waals surface area contributed by atoms with Crippen molar-refractivity contribution in [2.75, 3.05) is 11.5 Å². The van der Waals surface area contributed by atoms with Crippen LogP contribution in [-0.2, 0) is 19.1 Å². The van der Waals surface area contributed by atoms with E-state index in [9.17, 15) is 19.2 Å². The zero-order valence-electron chi connectivity index (χ0n) is 17.3. The van der Waals surface area contributed by atoms with Crippen molar-refractivity contribution in [3.8, 4) is 0 Å². The molecule has 2 aliphatic heterocycles. The Morgan fingerprint density at radius 1 is 1.15 bits per heavy atom. The molecule has 7 nitrogen and oxygen atoms in total. The third-order valence-corrected chi connectivity index (χ3v) is 6.64. The van der Waals surface area contributed by atoms with Crippen LogP contribution < -0.4 is 4.90 Å². The minimum Gasteiger partial charge on any atom is -0.462 e. The van der Waals surface area contributed by atoms with Crippen molar-refractivity contribution >= 4 is 75.4 Å². The van der Waals surface area contributed by atoms with E-state index >= 15 is 0 Å². The molecule has 1 atom stereocenters. The number of esters is 1. The highest BCUT2D eigenvalue weighted by molar-refractivity contribution is 8.26. The summed E-state index contributed by atoms with van der Waals surface area (Å²) in [7, 11) is 0. The van der Waals surface area contributed by atoms with Gasteiger partial charge in [-0.05, 0) is 55.0 Å². The van der Waals surface area contributed by atoms with Gasteiger partial charge < -0.3 is 4.74 Å². The number of hydrogen-bond acceptors (Lipinski definition) is 7. The molecule has 2 saturated heterocycles. The zero-order valence-corrected chi connectivity index (χ0v) is 19.7. The maximum absolute atomic E-state index is 13.1. The molecule has 0 aromatic heterocycles. The summed E-state index contributed by atoms with van der Waals surface area (Å²) < 4.78 is 5.16. The van der Waals surface area contributed by atoms with Crippen molar-refractivity contribution < 1.29 is 23.9 Å². The van der Waals surface area contributed by atoms with Gasteiger partial charge in [0.15, 0.2) is 0 Å². The molecule has 0 radical (unpaired) electrons. The lowest BCUT2D eigenvalue weighted by molar-refractivity contribution is -0.129. The van der Waals surface area contributed by atoms with E-state index in [1.165, 1.54) is 29.2 Å². The molecule has 2 aliphatic rings. The monoisotopic (exact) mass is 500 g/mol. The molecule has 4 rings (SSSR count). The molecule has 0 aliphatic carbocycles. The Kier molecular flexibility index (Phi) is 6.64. The number of halogens is 1. The summed E-state index contributed by atoms with van der Waals surface area (Å²) in [5.74, 6) is -1.92. The number of amides is 3. The quantitative estimate of drug-likeness (QED) is 0.265. The van der Waals surface area contributed by atoms with Crippen molar-refractivity contribution in [2.45, 2.75) is 19.4 Å². The van der Waals surface area contributed by atoms with E-state index in [1.807, 2.05) is 0 Å². The Bertz CT molecular complexity index is 1190. The second kappa shape index (κ2) is 9.46. The number of rotatable bonds is 5. The van der Waals surface area contributed by atoms with Crippen LogP contribution in [0, 0.1) is 0 Å². The van der Waals surface area contributed by atoms with Gasteiger partial charge in [-0.15, -0.1) is 0 Å². The SMILES string of the molecule is CCOC(=O)c1ccc(N2C(=O)CC(N3C(=O)C(=Cc4ccc(Cl)cc4)SC3=S)C2=O)cc1. The van der Waals surface area contributed by atoms with Gasteiger partial charge in [0.2, 0.25) is 5.91 Å². The van der Waals surface area contributed by atoms with E-state index < -0.39 is 29.7 Å². The Morgan fingerprint density at radius 3 is 2.45 bits per heavy atom. The number of imide groups is 1. The lowest BCUT2D eigenvalue weighted by Gasteiger charge is -2.21. The van der Waals surface area contributed by atoms with Crippen LogP contribution in [-0.4, -0.2) is 45.6 Å². The second-order valence-electron chi connectivity index (χ2n) is 7.16. The summed E-state index contributed by atoms with van der Waals surface area (Å²) in [6, 6.07) is 11.9. The van der Waals surface area contributed by atoms with E-state index in [2.05, 4.69) is 0 Å². The van der Waals surface area contributed by atoms with Crippen molar-refractivity contribution in [1.29, 1.82) is 0 Å². The van der Waals surface area contributed by atoms with Gasteiger partial charge in [0.1, 0.15) is 10.4 Å². The number of carbonyl (C=O) groups excluding carboxylic acids is 4. The molecule has 2 aromatic carbocycles. The molecule has 0 spiro atoms. The molecule has 2 fully saturated rings. The topological polar surface area (TPSA) is 84.0 Å². The molecule has 33 heavy (non-hydrogen) atoms. The van der Waals surface area contributed by atoms with Crippen LogP contribution in [0.4, 0.5) is 5.69 Å². The first-order valence-corrected chi connectivity index (χ1v) is 11.6. The molecule has 1 unspecified atom stereocenters. The van der Waals surface area contributed by atoms with Crippen molar-refractivity contribution in [2.24, 2.45) is 0 Å². The normalized spacial score (nSPS) is 19.7. The number of hydrogen-bond donors (Lipinski definition) is 0. The van der Waals surface area contributed by atoms with Crippen LogP contribution in [0.2, 0.25) is 5.02 Å². The largest absolute Gasteiger partial charge is 0.462 e. The standard InChI is InChI=1S/C23H17ClN2O5S2/c1-2-31-22(30)14-5-9-16(10-6-14)25-19(27)12-17(20(25)28)26-21(29)18(33-23(26)32)11-13-3-7-15(24)8-4-13/h3-11,17H,2,12H2,1H3. The van der Waals surface area contributed by atoms with Gasteiger partial charge in [0, 0.05) is 5.02 Å². The van der Waals surface area contributed by atoms with Crippen LogP contribution >= 0.6 is 35.6 Å². The predicted molar refractivity (Wildman–Crippen MR) is 130 cm³/mol. The molecular formula is C23H17ClN2O5S2. The van der Waals surface area contributed by atoms with Crippen LogP contribution in [0.5, 0.6) is 0 Å². The molecule has 0 N–H and O–H groups in total. The van der Waals surface area contributed by atoms with Gasteiger partial charge in [-0.25, -0.2) is 9.69 Å². The van der Waals surface area contributed by atoms with Gasteiger partial charge in [0.05, 0.1) is 29.2 Å². The molecular weight excluding hydrogens is 484 g/mol. The lowest BCUT2D eigenvalue weighted by Crippen LogP contribution is -2.44. The smallest absolute Gasteiger partial charge is 0.338 e. The maximum Gasteiger partial charge on any atom is 0.338 e. The van der Waals surface area contributed by atoms with E-state index in [4.69, 9.17) is 28.6 Å². The second-order valence-corrected chi connectivity index (χ2v) is 9.27. The first-order valence-electron chi connectivity index (χ1n) is 9.96. The molecule has 168 valence electrons. The summed E-state index contributed by atoms with van der Waals surface area (Å²) in [6.45, 7) is 1.94. The fourth-order valence-electron chi connectivity index (χ4n) is 3.51. The highest BCUT2D eigenvalue weighted by Crippen LogP contribution is 2.37. The van der Waals surface area contributed by atoms with Gasteiger partial charge in [0.25, 0.3) is 11.8 Å². The average molecular weight is 501 g/mol. The van der Waals surface area contributed by atoms with Gasteiger partial charge in [-0.2, -0.15) is 0 Å². The highest BCUT2D eigenvalue weighted by Gasteiger charge is 2.48. The molecule has 0 bridgehead atoms. The van der Waals surface area contributed by atoms with E-state index in [0.717, 1.165) is 22.2 Å². The Morgan fingerprint density at radius 2 is 1.82 bits per heavy atom. The summed E-state index contributed by atoms with van der Waals surface area (Å²) in [5.41, 5.74) is 1.38. The fraction of sp³-hybridized carbons (Fsp3) is 0.174. The summed E-state index contributed by atoms with van der Waals surface area (Å²) in [5, 5.41) is 0.574. The lowest BCUT2D eigenvalue weighted by atomic mass is 10.2. The molecule has 0 saturated carbocycles. The number of benzene rings is 2. The summed E-state index contributed by atoms with van der Waals surface area (Å²) >= 11 is 12.3. The van der Waals surface area contributed by atoms with Gasteiger partial charge >= 0.3 is 5.97 Å². The first kappa shape index (κ1) is 23.2. The van der Waals surface area contributed by atoms with E-state index in [-0.39, 0.29) is 17.3 Å². The van der Waals surface area contributed by atoms with Crippen LogP contribution in [0.25, 0.3) is 6.08 Å². The minimum atomic E-state index is -1.02. The van der Waals surface area contributed by atoms with E-state index in [1.54, 1.807) is 37.3 Å². The Balaban J connectivity index is 1.54. The van der Waals surface area contributed by atoms with E-state index in [0.29, 0.717) is 21.2 Å². The average Bonchev–Trinajstić information content (AvgIpc) is 3.23. The number of carbonyl (C=O) groups is 4. The number of thioether (sulfide) groups is 1. The van der Waals surface area contributed by atoms with Crippen LogP contribution in [0.3, 0.4) is 0 Å². The summed E-state index contributed by atoms with van der Waals surface area (Å²) in [4.78, 5) is 53.3. The molecule has 2 heterocycles. The number of ether oxygens (including phenoxy) is 1. The third kappa shape index (κ3) is 4.57. The number of nitrogens with zero attached hydrogens (tertiary/aromatic N) is 2. The first-order chi connectivity index (χ1) is 15.8. The summed E-state index contributed by atoms with van der Waals surface area (Å²) in [6.07, 6.45) is 1.49. The van der Waals surface area contributed by atoms with Crippen molar-refractivity contribution in [1.82, 2.24) is 4.90 Å². The fourth-order valence-corrected chi connectivity index (χ4v) is 4.99. The zero-order chi connectivity index (χ0) is 23.7. The van der Waals surface area contributed by atoms with Crippen molar-refractivity contribution in [3.63, 3.8) is 0 Å². The number of anilines is 1. The molecule has 3 amide bonds. The minimum absolute atomic E-state index is 0.181. The molecule has 2 aromatic rings. The Hall–Kier alpha value is -3.01. The van der Waals surface area contributed by atoms with Crippen LogP contribution in [0.15, 0.2) is 53.4 Å². The van der Waals surface area contributed by atoms with Gasteiger partial charge in [-0.1, -0.05) is 47.7 Å². The maximum atomic E-state index is 13.1. The Labute approximate surface area is 204 Å². The molecule has 10 heteroatoms. The number of thiocarbonyl (C=S) groups is 1. The van der Waals surface area contributed by atoms with Crippen molar-refractivity contribution in [3.05, 3.63) is 69.6 Å². The predicted octanol–water partition coefficient (Wildman–Crippen LogP) is 4.05.